The predicted octanol–water partition coefficient (Wildman–Crippen LogP) is 3.27. The van der Waals surface area contributed by atoms with E-state index in [1.54, 1.807) is 6.07 Å². The number of hydrogen-bond acceptors (Lipinski definition) is 1. The summed E-state index contributed by atoms with van der Waals surface area (Å²) in [6.45, 7) is 4.89. The van der Waals surface area contributed by atoms with Gasteiger partial charge in [0.05, 0.1) is 12.1 Å². The lowest BCUT2D eigenvalue weighted by molar-refractivity contribution is -0.137. The van der Waals surface area contributed by atoms with Gasteiger partial charge in [-0.25, -0.2) is 4.99 Å². The van der Waals surface area contributed by atoms with Crippen LogP contribution in [0.3, 0.4) is 0 Å². The van der Waals surface area contributed by atoms with E-state index < -0.39 is 11.7 Å². The second-order valence-electron chi connectivity index (χ2n) is 5.06. The minimum absolute atomic E-state index is 0.253. The molecule has 0 atom stereocenters. The van der Waals surface area contributed by atoms with E-state index in [-0.39, 0.29) is 6.54 Å². The van der Waals surface area contributed by atoms with Gasteiger partial charge in [0.25, 0.3) is 0 Å². The van der Waals surface area contributed by atoms with E-state index >= 15 is 0 Å². The quantitative estimate of drug-likeness (QED) is 0.685. The van der Waals surface area contributed by atoms with Crippen molar-refractivity contribution < 1.29 is 13.2 Å². The summed E-state index contributed by atoms with van der Waals surface area (Å²) in [6, 6.07) is 5.35. The fraction of sp³-hybridized carbons (Fsp3) is 0.533. The number of guanidine groups is 1. The SMILES string of the molecule is CCNC(=NCc1cccc(C(F)(F)F)c1)N1CCCC1. The number of aliphatic imine (C=N–C) groups is 1. The number of halogens is 3. The van der Waals surface area contributed by atoms with E-state index in [2.05, 4.69) is 15.2 Å². The van der Waals surface area contributed by atoms with Crippen LogP contribution in [0.1, 0.15) is 30.9 Å². The molecule has 0 radical (unpaired) electrons. The lowest BCUT2D eigenvalue weighted by atomic mass is 10.1. The van der Waals surface area contributed by atoms with Crippen molar-refractivity contribution in [2.24, 2.45) is 4.99 Å². The second kappa shape index (κ2) is 6.83. The number of rotatable bonds is 3. The Morgan fingerprint density at radius 1 is 1.29 bits per heavy atom. The van der Waals surface area contributed by atoms with Crippen molar-refractivity contribution in [2.75, 3.05) is 19.6 Å². The molecule has 1 aromatic rings. The maximum Gasteiger partial charge on any atom is 0.416 e. The smallest absolute Gasteiger partial charge is 0.357 e. The molecule has 0 aliphatic carbocycles. The van der Waals surface area contributed by atoms with Crippen molar-refractivity contribution >= 4 is 5.96 Å². The van der Waals surface area contributed by atoms with E-state index in [0.717, 1.165) is 50.6 Å². The van der Waals surface area contributed by atoms with Crippen LogP contribution >= 0.6 is 0 Å². The number of benzene rings is 1. The number of hydrogen-bond donors (Lipinski definition) is 1. The molecule has 0 bridgehead atoms. The standard InChI is InChI=1S/C15H20F3N3/c1-2-19-14(21-8-3-4-9-21)20-11-12-6-5-7-13(10-12)15(16,17)18/h5-7,10H,2-4,8-9,11H2,1H3,(H,19,20). The summed E-state index contributed by atoms with van der Waals surface area (Å²) in [5, 5.41) is 3.19. The van der Waals surface area contributed by atoms with Crippen molar-refractivity contribution in [1.82, 2.24) is 10.2 Å². The second-order valence-corrected chi connectivity index (χ2v) is 5.06. The van der Waals surface area contributed by atoms with Gasteiger partial charge < -0.3 is 10.2 Å². The van der Waals surface area contributed by atoms with Gasteiger partial charge in [-0.05, 0) is 37.5 Å². The molecule has 6 heteroatoms. The number of alkyl halides is 3. The van der Waals surface area contributed by atoms with Crippen LogP contribution < -0.4 is 5.32 Å². The highest BCUT2D eigenvalue weighted by molar-refractivity contribution is 5.80. The zero-order valence-corrected chi connectivity index (χ0v) is 12.1. The van der Waals surface area contributed by atoms with Crippen molar-refractivity contribution in [3.63, 3.8) is 0 Å². The molecular formula is C15H20F3N3. The van der Waals surface area contributed by atoms with Gasteiger partial charge >= 0.3 is 6.18 Å². The molecule has 21 heavy (non-hydrogen) atoms. The molecule has 0 spiro atoms. The first-order valence-corrected chi connectivity index (χ1v) is 7.20. The number of nitrogens with zero attached hydrogens (tertiary/aromatic N) is 2. The van der Waals surface area contributed by atoms with E-state index in [9.17, 15) is 13.2 Å². The summed E-state index contributed by atoms with van der Waals surface area (Å²) >= 11 is 0. The van der Waals surface area contributed by atoms with Crippen LogP contribution in [-0.2, 0) is 12.7 Å². The predicted molar refractivity (Wildman–Crippen MR) is 77.1 cm³/mol. The van der Waals surface area contributed by atoms with E-state index in [1.165, 1.54) is 6.07 Å². The van der Waals surface area contributed by atoms with E-state index in [4.69, 9.17) is 0 Å². The van der Waals surface area contributed by atoms with Crippen molar-refractivity contribution in [3.8, 4) is 0 Å². The molecule has 1 fully saturated rings. The van der Waals surface area contributed by atoms with Crippen LogP contribution in [0.4, 0.5) is 13.2 Å². The highest BCUT2D eigenvalue weighted by atomic mass is 19.4. The third kappa shape index (κ3) is 4.37. The summed E-state index contributed by atoms with van der Waals surface area (Å²) in [5.41, 5.74) is -0.0548. The fourth-order valence-corrected chi connectivity index (χ4v) is 2.37. The van der Waals surface area contributed by atoms with Gasteiger partial charge in [-0.2, -0.15) is 13.2 Å². The molecule has 1 aliphatic rings. The summed E-state index contributed by atoms with van der Waals surface area (Å²) in [6.07, 6.45) is -2.04. The van der Waals surface area contributed by atoms with Crippen molar-refractivity contribution in [1.29, 1.82) is 0 Å². The minimum atomic E-state index is -4.31. The van der Waals surface area contributed by atoms with Gasteiger partial charge in [0.15, 0.2) is 5.96 Å². The highest BCUT2D eigenvalue weighted by Crippen LogP contribution is 2.29. The van der Waals surface area contributed by atoms with Gasteiger partial charge in [-0.1, -0.05) is 12.1 Å². The zero-order chi connectivity index (χ0) is 15.3. The Hall–Kier alpha value is -1.72. The zero-order valence-electron chi connectivity index (χ0n) is 12.1. The third-order valence-electron chi connectivity index (χ3n) is 3.41. The molecule has 0 saturated carbocycles. The minimum Gasteiger partial charge on any atom is -0.357 e. The summed E-state index contributed by atoms with van der Waals surface area (Å²) in [7, 11) is 0. The van der Waals surface area contributed by atoms with Crippen LogP contribution in [0.2, 0.25) is 0 Å². The molecule has 0 aromatic heterocycles. The van der Waals surface area contributed by atoms with Crippen LogP contribution in [-0.4, -0.2) is 30.5 Å². The van der Waals surface area contributed by atoms with Crippen LogP contribution in [0.15, 0.2) is 29.3 Å². The summed E-state index contributed by atoms with van der Waals surface area (Å²) in [4.78, 5) is 6.60. The third-order valence-corrected chi connectivity index (χ3v) is 3.41. The highest BCUT2D eigenvalue weighted by Gasteiger charge is 2.30. The summed E-state index contributed by atoms with van der Waals surface area (Å²) < 4.78 is 38.0. The molecule has 0 unspecified atom stereocenters. The van der Waals surface area contributed by atoms with Crippen LogP contribution in [0.5, 0.6) is 0 Å². The lowest BCUT2D eigenvalue weighted by Crippen LogP contribution is -2.39. The Morgan fingerprint density at radius 2 is 2.00 bits per heavy atom. The molecule has 116 valence electrons. The van der Waals surface area contributed by atoms with Crippen LogP contribution in [0, 0.1) is 0 Å². The van der Waals surface area contributed by atoms with E-state index in [0.29, 0.717) is 5.56 Å². The number of likely N-dealkylation sites (tertiary alicyclic amines) is 1. The Labute approximate surface area is 122 Å². The Morgan fingerprint density at radius 3 is 2.62 bits per heavy atom. The molecule has 0 amide bonds. The average molecular weight is 299 g/mol. The first-order chi connectivity index (χ1) is 10.0. The first-order valence-electron chi connectivity index (χ1n) is 7.20. The fourth-order valence-electron chi connectivity index (χ4n) is 2.37. The molecule has 3 nitrogen and oxygen atoms in total. The van der Waals surface area contributed by atoms with E-state index in [1.807, 2.05) is 6.92 Å². The Bertz CT molecular complexity index is 491. The van der Waals surface area contributed by atoms with Crippen molar-refractivity contribution in [3.05, 3.63) is 35.4 Å². The van der Waals surface area contributed by atoms with Gasteiger partial charge in [0, 0.05) is 19.6 Å². The Balaban J connectivity index is 2.10. The van der Waals surface area contributed by atoms with Gasteiger partial charge in [-0.3, -0.25) is 0 Å². The number of nitrogens with one attached hydrogen (secondary N) is 1. The van der Waals surface area contributed by atoms with Gasteiger partial charge in [0.1, 0.15) is 0 Å². The Kier molecular flexibility index (Phi) is 5.09. The monoisotopic (exact) mass is 299 g/mol. The topological polar surface area (TPSA) is 27.6 Å². The molecule has 1 aliphatic heterocycles. The largest absolute Gasteiger partial charge is 0.416 e. The molecular weight excluding hydrogens is 279 g/mol. The maximum atomic E-state index is 12.7. The maximum absolute atomic E-state index is 12.7. The molecule has 1 aromatic carbocycles. The molecule has 1 saturated heterocycles. The van der Waals surface area contributed by atoms with Crippen molar-refractivity contribution in [2.45, 2.75) is 32.5 Å². The lowest BCUT2D eigenvalue weighted by Gasteiger charge is -2.20. The molecule has 1 N–H and O–H groups in total. The molecule has 2 rings (SSSR count). The first kappa shape index (κ1) is 15.7. The molecule has 1 heterocycles. The summed E-state index contributed by atoms with van der Waals surface area (Å²) in [5.74, 6) is 0.785. The normalized spacial score (nSPS) is 16.4. The van der Waals surface area contributed by atoms with Gasteiger partial charge in [-0.15, -0.1) is 0 Å². The van der Waals surface area contributed by atoms with Crippen LogP contribution in [0.25, 0.3) is 0 Å². The van der Waals surface area contributed by atoms with Gasteiger partial charge in [0.2, 0.25) is 0 Å². The average Bonchev–Trinajstić information content (AvgIpc) is 2.97.